The second-order valence-corrected chi connectivity index (χ2v) is 6.31. The summed E-state index contributed by atoms with van der Waals surface area (Å²) in [5.74, 6) is 1.39. The fraction of sp³-hybridized carbons (Fsp3) is 0.647. The maximum Gasteiger partial charge on any atom is 0.123 e. The average molecular weight is 276 g/mol. The summed E-state index contributed by atoms with van der Waals surface area (Å²) in [6.07, 6.45) is 5.13. The van der Waals surface area contributed by atoms with Gasteiger partial charge in [0, 0.05) is 0 Å². The molecule has 0 spiro atoms. The van der Waals surface area contributed by atoms with Gasteiger partial charge in [0.15, 0.2) is 0 Å². The molecule has 3 rings (SSSR count). The van der Waals surface area contributed by atoms with E-state index in [1.54, 1.807) is 12.1 Å². The van der Waals surface area contributed by atoms with Crippen LogP contribution in [0.25, 0.3) is 0 Å². The van der Waals surface area contributed by atoms with Crippen LogP contribution in [0.1, 0.15) is 37.2 Å². The van der Waals surface area contributed by atoms with Crippen molar-refractivity contribution in [2.75, 3.05) is 32.7 Å². The molecule has 1 N–H and O–H groups in total. The Balaban J connectivity index is 1.43. The number of halogens is 1. The summed E-state index contributed by atoms with van der Waals surface area (Å²) in [4.78, 5) is 2.61. The lowest BCUT2D eigenvalue weighted by molar-refractivity contribution is 0.200. The zero-order valence-corrected chi connectivity index (χ0v) is 12.2. The highest BCUT2D eigenvalue weighted by molar-refractivity contribution is 5.21. The number of nitrogens with one attached hydrogen (secondary N) is 1. The molecule has 2 nitrogen and oxygen atoms in total. The van der Waals surface area contributed by atoms with Gasteiger partial charge in [-0.1, -0.05) is 12.1 Å². The van der Waals surface area contributed by atoms with Crippen molar-refractivity contribution in [1.29, 1.82) is 0 Å². The molecule has 0 bridgehead atoms. The second kappa shape index (κ2) is 6.68. The van der Waals surface area contributed by atoms with Crippen molar-refractivity contribution < 1.29 is 4.39 Å². The minimum atomic E-state index is -0.128. The SMILES string of the molecule is Fc1ccc(C2CCN(CC[C@H]3CCNC3)CC2)cc1. The van der Waals surface area contributed by atoms with E-state index in [2.05, 4.69) is 10.2 Å². The summed E-state index contributed by atoms with van der Waals surface area (Å²) < 4.78 is 13.0. The minimum Gasteiger partial charge on any atom is -0.316 e. The molecule has 0 amide bonds. The largest absolute Gasteiger partial charge is 0.316 e. The van der Waals surface area contributed by atoms with E-state index in [4.69, 9.17) is 0 Å². The Morgan fingerprint density at radius 2 is 1.85 bits per heavy atom. The summed E-state index contributed by atoms with van der Waals surface area (Å²) >= 11 is 0. The molecule has 1 atom stereocenters. The fourth-order valence-electron chi connectivity index (χ4n) is 3.55. The minimum absolute atomic E-state index is 0.128. The third-order valence-corrected chi connectivity index (χ3v) is 4.94. The molecule has 0 aliphatic carbocycles. The third kappa shape index (κ3) is 3.58. The second-order valence-electron chi connectivity index (χ2n) is 6.31. The van der Waals surface area contributed by atoms with Gasteiger partial charge >= 0.3 is 0 Å². The number of nitrogens with zero attached hydrogens (tertiary/aromatic N) is 1. The number of piperidine rings is 1. The standard InChI is InChI=1S/C17H25FN2/c18-17-3-1-15(2-4-17)16-7-11-20(12-8-16)10-6-14-5-9-19-13-14/h1-4,14,16,19H,5-13H2/t14-/m1/s1. The monoisotopic (exact) mass is 276 g/mol. The number of rotatable bonds is 4. The van der Waals surface area contributed by atoms with Gasteiger partial charge in [-0.3, -0.25) is 0 Å². The van der Waals surface area contributed by atoms with Crippen LogP contribution in [0.15, 0.2) is 24.3 Å². The average Bonchev–Trinajstić information content (AvgIpc) is 3.00. The van der Waals surface area contributed by atoms with E-state index in [1.807, 2.05) is 12.1 Å². The number of hydrogen-bond acceptors (Lipinski definition) is 2. The molecule has 20 heavy (non-hydrogen) atoms. The Hall–Kier alpha value is -0.930. The normalized spacial score (nSPS) is 25.1. The molecule has 110 valence electrons. The van der Waals surface area contributed by atoms with Crippen molar-refractivity contribution in [3.05, 3.63) is 35.6 Å². The van der Waals surface area contributed by atoms with Crippen molar-refractivity contribution in [2.45, 2.75) is 31.6 Å². The highest BCUT2D eigenvalue weighted by Gasteiger charge is 2.22. The first-order chi connectivity index (χ1) is 9.81. The third-order valence-electron chi connectivity index (χ3n) is 4.94. The van der Waals surface area contributed by atoms with Crippen molar-refractivity contribution >= 4 is 0 Å². The summed E-state index contributed by atoms with van der Waals surface area (Å²) in [5, 5.41) is 3.44. The van der Waals surface area contributed by atoms with Gasteiger partial charge in [0.05, 0.1) is 0 Å². The van der Waals surface area contributed by atoms with Crippen LogP contribution in [0.3, 0.4) is 0 Å². The molecule has 0 unspecified atom stereocenters. The van der Waals surface area contributed by atoms with Crippen LogP contribution < -0.4 is 5.32 Å². The summed E-state index contributed by atoms with van der Waals surface area (Å²) in [7, 11) is 0. The van der Waals surface area contributed by atoms with Crippen LogP contribution in [0, 0.1) is 11.7 Å². The molecule has 3 heteroatoms. The Morgan fingerprint density at radius 3 is 2.50 bits per heavy atom. The molecule has 1 aromatic rings. The molecule has 0 radical (unpaired) electrons. The van der Waals surface area contributed by atoms with Crippen LogP contribution in [0.2, 0.25) is 0 Å². The van der Waals surface area contributed by atoms with E-state index in [-0.39, 0.29) is 5.82 Å². The number of hydrogen-bond donors (Lipinski definition) is 1. The van der Waals surface area contributed by atoms with Crippen LogP contribution >= 0.6 is 0 Å². The number of likely N-dealkylation sites (tertiary alicyclic amines) is 1. The summed E-state index contributed by atoms with van der Waals surface area (Å²) in [6, 6.07) is 7.10. The first-order valence-electron chi connectivity index (χ1n) is 8.00. The van der Waals surface area contributed by atoms with Gasteiger partial charge in [-0.15, -0.1) is 0 Å². The predicted molar refractivity (Wildman–Crippen MR) is 80.4 cm³/mol. The molecular weight excluding hydrogens is 251 g/mol. The van der Waals surface area contributed by atoms with Gasteiger partial charge in [0.1, 0.15) is 5.82 Å². The molecule has 1 aromatic carbocycles. The van der Waals surface area contributed by atoms with E-state index in [9.17, 15) is 4.39 Å². The maximum atomic E-state index is 13.0. The van der Waals surface area contributed by atoms with Crippen LogP contribution in [0.5, 0.6) is 0 Å². The molecule has 2 heterocycles. The van der Waals surface area contributed by atoms with E-state index in [1.165, 1.54) is 64.0 Å². The van der Waals surface area contributed by atoms with Gasteiger partial charge in [-0.05, 0) is 87.9 Å². The Bertz CT molecular complexity index is 404. The quantitative estimate of drug-likeness (QED) is 0.909. The first kappa shape index (κ1) is 14.0. The van der Waals surface area contributed by atoms with Crippen molar-refractivity contribution in [3.63, 3.8) is 0 Å². The lowest BCUT2D eigenvalue weighted by Gasteiger charge is -2.32. The van der Waals surface area contributed by atoms with Crippen molar-refractivity contribution in [3.8, 4) is 0 Å². The lowest BCUT2D eigenvalue weighted by atomic mass is 9.89. The van der Waals surface area contributed by atoms with Gasteiger partial charge < -0.3 is 10.2 Å². The van der Waals surface area contributed by atoms with Gasteiger partial charge in [-0.2, -0.15) is 0 Å². The zero-order chi connectivity index (χ0) is 13.8. The summed E-state index contributed by atoms with van der Waals surface area (Å²) in [5.41, 5.74) is 1.31. The van der Waals surface area contributed by atoms with Gasteiger partial charge in [-0.25, -0.2) is 4.39 Å². The predicted octanol–water partition coefficient (Wildman–Crippen LogP) is 3.00. The highest BCUT2D eigenvalue weighted by Crippen LogP contribution is 2.28. The van der Waals surface area contributed by atoms with Gasteiger partial charge in [0.25, 0.3) is 0 Å². The Morgan fingerprint density at radius 1 is 1.10 bits per heavy atom. The van der Waals surface area contributed by atoms with Crippen LogP contribution in [0.4, 0.5) is 4.39 Å². The maximum absolute atomic E-state index is 13.0. The molecule has 2 fully saturated rings. The Kier molecular flexibility index (Phi) is 4.69. The van der Waals surface area contributed by atoms with E-state index >= 15 is 0 Å². The Labute approximate surface area is 121 Å². The van der Waals surface area contributed by atoms with E-state index < -0.39 is 0 Å². The topological polar surface area (TPSA) is 15.3 Å². The van der Waals surface area contributed by atoms with E-state index in [0.29, 0.717) is 5.92 Å². The van der Waals surface area contributed by atoms with Gasteiger partial charge in [0.2, 0.25) is 0 Å². The van der Waals surface area contributed by atoms with Crippen LogP contribution in [-0.4, -0.2) is 37.6 Å². The lowest BCUT2D eigenvalue weighted by Crippen LogP contribution is -2.34. The van der Waals surface area contributed by atoms with Crippen molar-refractivity contribution in [1.82, 2.24) is 10.2 Å². The first-order valence-corrected chi connectivity index (χ1v) is 8.00. The number of benzene rings is 1. The van der Waals surface area contributed by atoms with E-state index in [0.717, 1.165) is 5.92 Å². The molecule has 0 saturated carbocycles. The molecule has 2 aliphatic heterocycles. The molecule has 2 saturated heterocycles. The zero-order valence-electron chi connectivity index (χ0n) is 12.2. The fourth-order valence-corrected chi connectivity index (χ4v) is 3.55. The highest BCUT2D eigenvalue weighted by atomic mass is 19.1. The smallest absolute Gasteiger partial charge is 0.123 e. The summed E-state index contributed by atoms with van der Waals surface area (Å²) in [6.45, 7) is 6.07. The van der Waals surface area contributed by atoms with Crippen molar-refractivity contribution in [2.24, 2.45) is 5.92 Å². The van der Waals surface area contributed by atoms with Crippen LogP contribution in [-0.2, 0) is 0 Å². The molecular formula is C17H25FN2. The molecule has 2 aliphatic rings. The molecule has 0 aromatic heterocycles.